The average molecular weight is 309 g/mol. The van der Waals surface area contributed by atoms with Gasteiger partial charge in [0.1, 0.15) is 6.54 Å². The minimum Gasteiger partial charge on any atom is -0.481 e. The maximum Gasteiger partial charge on any atom is 0.305 e. The van der Waals surface area contributed by atoms with Gasteiger partial charge in [0.15, 0.2) is 5.78 Å². The Balaban J connectivity index is 2.82. The predicted molar refractivity (Wildman–Crippen MR) is 80.7 cm³/mol. The minimum atomic E-state index is -0.955. The third-order valence-electron chi connectivity index (χ3n) is 3.57. The van der Waals surface area contributed by atoms with Gasteiger partial charge >= 0.3 is 5.97 Å². The Labute approximate surface area is 129 Å². The SMILES string of the molecule is CC(=O)c1c(C)nn(CC(=O)N[C@@H](CC(=O)O)C(C)C)c1C. The first-order valence-corrected chi connectivity index (χ1v) is 7.19. The van der Waals surface area contributed by atoms with Gasteiger partial charge in [-0.25, -0.2) is 0 Å². The maximum absolute atomic E-state index is 12.1. The molecule has 0 aliphatic rings. The first kappa shape index (κ1) is 17.9. The Morgan fingerprint density at radius 1 is 1.27 bits per heavy atom. The molecule has 0 fully saturated rings. The standard InChI is InChI=1S/C15H23N3O4/c1-8(2)12(6-14(21)22)16-13(20)7-18-10(4)15(11(5)19)9(3)17-18/h8,12H,6-7H2,1-5H3,(H,16,20)(H,21,22)/t12-/m0/s1. The number of nitrogens with zero attached hydrogens (tertiary/aromatic N) is 2. The van der Waals surface area contributed by atoms with Gasteiger partial charge in [-0.05, 0) is 26.7 Å². The van der Waals surface area contributed by atoms with Gasteiger partial charge < -0.3 is 10.4 Å². The van der Waals surface area contributed by atoms with Gasteiger partial charge in [0.05, 0.1) is 17.7 Å². The van der Waals surface area contributed by atoms with E-state index >= 15 is 0 Å². The van der Waals surface area contributed by atoms with Crippen molar-refractivity contribution in [1.29, 1.82) is 0 Å². The van der Waals surface area contributed by atoms with Crippen LogP contribution in [0.4, 0.5) is 0 Å². The number of aryl methyl sites for hydroxylation is 1. The van der Waals surface area contributed by atoms with Crippen LogP contribution in [-0.4, -0.2) is 38.6 Å². The second kappa shape index (κ2) is 7.20. The number of aromatic nitrogens is 2. The molecule has 1 atom stereocenters. The Morgan fingerprint density at radius 3 is 2.27 bits per heavy atom. The van der Waals surface area contributed by atoms with Gasteiger partial charge in [0, 0.05) is 11.7 Å². The normalized spacial score (nSPS) is 12.3. The average Bonchev–Trinajstić information content (AvgIpc) is 2.62. The number of nitrogens with one attached hydrogen (secondary N) is 1. The molecule has 7 heteroatoms. The summed E-state index contributed by atoms with van der Waals surface area (Å²) in [5.74, 6) is -1.36. The smallest absolute Gasteiger partial charge is 0.305 e. The lowest BCUT2D eigenvalue weighted by Gasteiger charge is -2.20. The van der Waals surface area contributed by atoms with Crippen LogP contribution in [0, 0.1) is 19.8 Å². The molecule has 122 valence electrons. The lowest BCUT2D eigenvalue weighted by molar-refractivity contribution is -0.138. The molecular formula is C15H23N3O4. The first-order chi connectivity index (χ1) is 10.1. The molecule has 0 unspecified atom stereocenters. The third-order valence-corrected chi connectivity index (χ3v) is 3.57. The van der Waals surface area contributed by atoms with Crippen molar-refractivity contribution >= 4 is 17.7 Å². The monoisotopic (exact) mass is 309 g/mol. The second-order valence-electron chi connectivity index (χ2n) is 5.78. The molecule has 1 amide bonds. The van der Waals surface area contributed by atoms with Crippen molar-refractivity contribution in [3.8, 4) is 0 Å². The molecule has 0 radical (unpaired) electrons. The quantitative estimate of drug-likeness (QED) is 0.740. The largest absolute Gasteiger partial charge is 0.481 e. The van der Waals surface area contributed by atoms with Gasteiger partial charge in [-0.2, -0.15) is 5.10 Å². The summed E-state index contributed by atoms with van der Waals surface area (Å²) in [6.45, 7) is 8.59. The fourth-order valence-electron chi connectivity index (χ4n) is 2.39. The van der Waals surface area contributed by atoms with Crippen LogP contribution in [0.3, 0.4) is 0 Å². The minimum absolute atomic E-state index is 0.00767. The van der Waals surface area contributed by atoms with E-state index in [1.54, 1.807) is 13.8 Å². The van der Waals surface area contributed by atoms with Crippen molar-refractivity contribution in [2.45, 2.75) is 53.6 Å². The number of rotatable bonds is 7. The van der Waals surface area contributed by atoms with E-state index in [1.807, 2.05) is 13.8 Å². The van der Waals surface area contributed by atoms with E-state index in [9.17, 15) is 14.4 Å². The highest BCUT2D eigenvalue weighted by molar-refractivity contribution is 5.96. The number of carboxylic acids is 1. The van der Waals surface area contributed by atoms with Gasteiger partial charge in [0.2, 0.25) is 5.91 Å². The van der Waals surface area contributed by atoms with Crippen molar-refractivity contribution < 1.29 is 19.5 Å². The number of hydrogen-bond acceptors (Lipinski definition) is 4. The van der Waals surface area contributed by atoms with Crippen molar-refractivity contribution in [3.05, 3.63) is 17.0 Å². The van der Waals surface area contributed by atoms with Gasteiger partial charge in [0.25, 0.3) is 0 Å². The summed E-state index contributed by atoms with van der Waals surface area (Å²) >= 11 is 0. The summed E-state index contributed by atoms with van der Waals surface area (Å²) in [6.07, 6.45) is -0.126. The summed E-state index contributed by atoms with van der Waals surface area (Å²) in [6, 6.07) is -0.436. The predicted octanol–water partition coefficient (Wildman–Crippen LogP) is 1.32. The summed E-state index contributed by atoms with van der Waals surface area (Å²) in [5, 5.41) is 15.8. The molecule has 2 N–H and O–H groups in total. The highest BCUT2D eigenvalue weighted by Crippen LogP contribution is 2.13. The van der Waals surface area contributed by atoms with Crippen LogP contribution in [0.1, 0.15) is 48.9 Å². The molecule has 0 saturated heterocycles. The molecule has 1 aromatic heterocycles. The summed E-state index contributed by atoms with van der Waals surface area (Å²) in [7, 11) is 0. The molecule has 0 spiro atoms. The fourth-order valence-corrected chi connectivity index (χ4v) is 2.39. The van der Waals surface area contributed by atoms with E-state index in [2.05, 4.69) is 10.4 Å². The van der Waals surface area contributed by atoms with E-state index in [4.69, 9.17) is 5.11 Å². The Morgan fingerprint density at radius 2 is 1.86 bits per heavy atom. The lowest BCUT2D eigenvalue weighted by Crippen LogP contribution is -2.41. The van der Waals surface area contributed by atoms with Crippen LogP contribution in [0.15, 0.2) is 0 Å². The summed E-state index contributed by atoms with van der Waals surface area (Å²) in [4.78, 5) is 34.5. The highest BCUT2D eigenvalue weighted by atomic mass is 16.4. The van der Waals surface area contributed by atoms with Gasteiger partial charge in [-0.3, -0.25) is 19.1 Å². The number of carbonyl (C=O) groups excluding carboxylic acids is 2. The van der Waals surface area contributed by atoms with Crippen molar-refractivity contribution in [2.75, 3.05) is 0 Å². The van der Waals surface area contributed by atoms with Crippen LogP contribution in [0.5, 0.6) is 0 Å². The number of Topliss-reactive ketones (excluding diaryl/α,β-unsaturated/α-hetero) is 1. The Kier molecular flexibility index (Phi) is 5.84. The third kappa shape index (κ3) is 4.41. The van der Waals surface area contributed by atoms with Crippen LogP contribution in [-0.2, 0) is 16.1 Å². The second-order valence-corrected chi connectivity index (χ2v) is 5.78. The van der Waals surface area contributed by atoms with Crippen molar-refractivity contribution in [2.24, 2.45) is 5.92 Å². The van der Waals surface area contributed by atoms with E-state index < -0.39 is 12.0 Å². The number of aliphatic carboxylic acids is 1. The molecule has 7 nitrogen and oxygen atoms in total. The van der Waals surface area contributed by atoms with E-state index in [1.165, 1.54) is 11.6 Å². The number of ketones is 1. The molecule has 0 saturated carbocycles. The molecular weight excluding hydrogens is 286 g/mol. The zero-order valence-corrected chi connectivity index (χ0v) is 13.6. The lowest BCUT2D eigenvalue weighted by atomic mass is 10.0. The molecule has 22 heavy (non-hydrogen) atoms. The number of carboxylic acid groups (broad SMARTS) is 1. The van der Waals surface area contributed by atoms with E-state index in [0.717, 1.165) is 0 Å². The zero-order chi connectivity index (χ0) is 17.0. The topological polar surface area (TPSA) is 101 Å². The molecule has 0 aliphatic carbocycles. The molecule has 0 aliphatic heterocycles. The first-order valence-electron chi connectivity index (χ1n) is 7.19. The Hall–Kier alpha value is -2.18. The van der Waals surface area contributed by atoms with Crippen molar-refractivity contribution in [3.63, 3.8) is 0 Å². The molecule has 1 rings (SSSR count). The molecule has 0 bridgehead atoms. The van der Waals surface area contributed by atoms with Gasteiger partial charge in [-0.1, -0.05) is 13.8 Å². The molecule has 0 aromatic carbocycles. The van der Waals surface area contributed by atoms with Crippen LogP contribution >= 0.6 is 0 Å². The van der Waals surface area contributed by atoms with Crippen LogP contribution in [0.2, 0.25) is 0 Å². The number of carbonyl (C=O) groups is 3. The van der Waals surface area contributed by atoms with E-state index in [-0.39, 0.29) is 30.6 Å². The fraction of sp³-hybridized carbons (Fsp3) is 0.600. The number of amides is 1. The van der Waals surface area contributed by atoms with Crippen molar-refractivity contribution in [1.82, 2.24) is 15.1 Å². The Bertz CT molecular complexity index is 590. The van der Waals surface area contributed by atoms with Crippen LogP contribution in [0.25, 0.3) is 0 Å². The number of hydrogen-bond donors (Lipinski definition) is 2. The summed E-state index contributed by atoms with van der Waals surface area (Å²) in [5.41, 5.74) is 1.75. The van der Waals surface area contributed by atoms with Gasteiger partial charge in [-0.15, -0.1) is 0 Å². The summed E-state index contributed by atoms with van der Waals surface area (Å²) < 4.78 is 1.47. The van der Waals surface area contributed by atoms with Crippen LogP contribution < -0.4 is 5.32 Å². The highest BCUT2D eigenvalue weighted by Gasteiger charge is 2.21. The molecule has 1 heterocycles. The molecule has 1 aromatic rings. The zero-order valence-electron chi connectivity index (χ0n) is 13.6. The maximum atomic E-state index is 12.1. The van der Waals surface area contributed by atoms with E-state index in [0.29, 0.717) is 17.0 Å².